The third kappa shape index (κ3) is 2.67. The lowest BCUT2D eigenvalue weighted by Gasteiger charge is -2.24. The fourth-order valence-corrected chi connectivity index (χ4v) is 4.40. The summed E-state index contributed by atoms with van der Waals surface area (Å²) < 4.78 is 3.07. The fourth-order valence-electron chi connectivity index (χ4n) is 4.40. The Morgan fingerprint density at radius 1 is 1.07 bits per heavy atom. The van der Waals surface area contributed by atoms with Crippen molar-refractivity contribution in [1.82, 2.24) is 19.2 Å². The Bertz CT molecular complexity index is 1270. The standard InChI is InChI=1S/C23H23N5O/c1-15(2)26-12-10-19-18(7-6-8-21(19)26)20-13-17-14-25-28(22-9-4-5-11-24-22)23(29)27(17)16(20)3/h4-9,11,13-15H,10,12H2,1-3H3. The summed E-state index contributed by atoms with van der Waals surface area (Å²) in [6, 6.07) is 14.5. The first-order chi connectivity index (χ1) is 14.1. The van der Waals surface area contributed by atoms with Crippen molar-refractivity contribution in [3.63, 3.8) is 0 Å². The van der Waals surface area contributed by atoms with Crippen molar-refractivity contribution in [2.45, 2.75) is 33.2 Å². The quantitative estimate of drug-likeness (QED) is 0.540. The first-order valence-corrected chi connectivity index (χ1v) is 9.97. The summed E-state index contributed by atoms with van der Waals surface area (Å²) >= 11 is 0. The highest BCUT2D eigenvalue weighted by atomic mass is 16.2. The third-order valence-corrected chi connectivity index (χ3v) is 5.80. The largest absolute Gasteiger partial charge is 0.369 e. The number of anilines is 1. The summed E-state index contributed by atoms with van der Waals surface area (Å²) in [4.78, 5) is 19.9. The highest BCUT2D eigenvalue weighted by Gasteiger charge is 2.25. The number of nitrogens with zero attached hydrogens (tertiary/aromatic N) is 5. The van der Waals surface area contributed by atoms with Crippen molar-refractivity contribution in [2.24, 2.45) is 0 Å². The van der Waals surface area contributed by atoms with E-state index in [2.05, 4.69) is 53.1 Å². The molecule has 5 rings (SSSR count). The molecule has 1 aliphatic rings. The summed E-state index contributed by atoms with van der Waals surface area (Å²) in [5.41, 5.74) is 6.47. The zero-order valence-electron chi connectivity index (χ0n) is 16.8. The molecule has 6 nitrogen and oxygen atoms in total. The first kappa shape index (κ1) is 17.7. The topological polar surface area (TPSA) is 55.4 Å². The van der Waals surface area contributed by atoms with E-state index in [1.807, 2.05) is 19.1 Å². The Labute approximate surface area is 169 Å². The first-order valence-electron chi connectivity index (χ1n) is 9.97. The Balaban J connectivity index is 1.70. The predicted octanol–water partition coefficient (Wildman–Crippen LogP) is 3.63. The van der Waals surface area contributed by atoms with Gasteiger partial charge in [0.25, 0.3) is 0 Å². The van der Waals surface area contributed by atoms with Gasteiger partial charge in [-0.05, 0) is 62.6 Å². The molecule has 1 aliphatic heterocycles. The molecular formula is C23H23N5O. The van der Waals surface area contributed by atoms with Crippen LogP contribution in [-0.4, -0.2) is 31.8 Å². The minimum Gasteiger partial charge on any atom is -0.369 e. The number of pyridine rings is 1. The van der Waals surface area contributed by atoms with Crippen LogP contribution in [0.5, 0.6) is 0 Å². The molecule has 0 atom stereocenters. The second kappa shape index (κ2) is 6.58. The zero-order valence-corrected chi connectivity index (χ0v) is 16.8. The van der Waals surface area contributed by atoms with Gasteiger partial charge in [0.2, 0.25) is 0 Å². The lowest BCUT2D eigenvalue weighted by Crippen LogP contribution is -2.28. The van der Waals surface area contributed by atoms with Crippen molar-refractivity contribution in [3.05, 3.63) is 76.6 Å². The van der Waals surface area contributed by atoms with Crippen molar-refractivity contribution in [2.75, 3.05) is 11.4 Å². The molecule has 0 amide bonds. The van der Waals surface area contributed by atoms with Gasteiger partial charge in [-0.15, -0.1) is 0 Å². The molecule has 3 aromatic heterocycles. The minimum absolute atomic E-state index is 0.207. The van der Waals surface area contributed by atoms with Crippen molar-refractivity contribution in [1.29, 1.82) is 0 Å². The van der Waals surface area contributed by atoms with Crippen LogP contribution in [0.2, 0.25) is 0 Å². The Hall–Kier alpha value is -3.41. The van der Waals surface area contributed by atoms with Gasteiger partial charge in [-0.2, -0.15) is 9.78 Å². The van der Waals surface area contributed by atoms with Gasteiger partial charge in [0, 0.05) is 35.7 Å². The molecule has 4 heterocycles. The summed E-state index contributed by atoms with van der Waals surface area (Å²) in [5.74, 6) is 0.516. The lowest BCUT2D eigenvalue weighted by molar-refractivity contribution is 0.710. The second-order valence-electron chi connectivity index (χ2n) is 7.77. The van der Waals surface area contributed by atoms with E-state index in [1.54, 1.807) is 22.9 Å². The Morgan fingerprint density at radius 3 is 2.69 bits per heavy atom. The van der Waals surface area contributed by atoms with Crippen molar-refractivity contribution >= 4 is 11.2 Å². The average molecular weight is 385 g/mol. The number of aryl methyl sites for hydroxylation is 1. The summed E-state index contributed by atoms with van der Waals surface area (Å²) in [5, 5.41) is 4.35. The highest BCUT2D eigenvalue weighted by molar-refractivity contribution is 5.81. The maximum absolute atomic E-state index is 13.2. The van der Waals surface area contributed by atoms with E-state index in [0.29, 0.717) is 11.9 Å². The molecule has 0 aliphatic carbocycles. The summed E-state index contributed by atoms with van der Waals surface area (Å²) in [7, 11) is 0. The van der Waals surface area contributed by atoms with Crippen LogP contribution in [0.3, 0.4) is 0 Å². The van der Waals surface area contributed by atoms with Gasteiger partial charge < -0.3 is 4.90 Å². The Kier molecular flexibility index (Phi) is 4.01. The van der Waals surface area contributed by atoms with E-state index in [-0.39, 0.29) is 5.69 Å². The maximum Gasteiger partial charge on any atom is 0.355 e. The lowest BCUT2D eigenvalue weighted by atomic mass is 9.98. The molecule has 146 valence electrons. The number of fused-ring (bicyclic) bond motifs is 2. The zero-order chi connectivity index (χ0) is 20.1. The van der Waals surface area contributed by atoms with Crippen LogP contribution in [-0.2, 0) is 6.42 Å². The van der Waals surface area contributed by atoms with E-state index in [1.165, 1.54) is 21.5 Å². The molecule has 0 fully saturated rings. The van der Waals surface area contributed by atoms with Gasteiger partial charge in [0.1, 0.15) is 0 Å². The van der Waals surface area contributed by atoms with Crippen LogP contribution in [0, 0.1) is 6.92 Å². The van der Waals surface area contributed by atoms with Gasteiger partial charge in [-0.25, -0.2) is 9.78 Å². The molecule has 0 N–H and O–H groups in total. The number of hydrogen-bond donors (Lipinski definition) is 0. The van der Waals surface area contributed by atoms with Crippen LogP contribution < -0.4 is 10.6 Å². The van der Waals surface area contributed by atoms with E-state index < -0.39 is 0 Å². The van der Waals surface area contributed by atoms with Gasteiger partial charge in [0.05, 0.1) is 11.7 Å². The van der Waals surface area contributed by atoms with E-state index in [4.69, 9.17) is 0 Å². The van der Waals surface area contributed by atoms with Gasteiger partial charge in [-0.1, -0.05) is 18.2 Å². The normalized spacial score (nSPS) is 13.4. The Morgan fingerprint density at radius 2 is 1.93 bits per heavy atom. The molecule has 0 radical (unpaired) electrons. The van der Waals surface area contributed by atoms with Gasteiger partial charge >= 0.3 is 5.69 Å². The SMILES string of the molecule is Cc1c(-c2cccc3c2CCN3C(C)C)cc2cnn(-c3ccccn3)c(=O)n12. The van der Waals surface area contributed by atoms with Crippen LogP contribution >= 0.6 is 0 Å². The molecule has 1 aromatic carbocycles. The predicted molar refractivity (Wildman–Crippen MR) is 115 cm³/mol. The van der Waals surface area contributed by atoms with Crippen LogP contribution in [0.4, 0.5) is 5.69 Å². The molecule has 0 saturated heterocycles. The van der Waals surface area contributed by atoms with Crippen LogP contribution in [0.1, 0.15) is 25.1 Å². The molecular weight excluding hydrogens is 362 g/mol. The maximum atomic E-state index is 13.2. The average Bonchev–Trinajstić information content (AvgIpc) is 3.31. The van der Waals surface area contributed by atoms with E-state index >= 15 is 0 Å². The highest BCUT2D eigenvalue weighted by Crippen LogP contribution is 2.38. The smallest absolute Gasteiger partial charge is 0.355 e. The monoisotopic (exact) mass is 385 g/mol. The number of hydrogen-bond acceptors (Lipinski definition) is 4. The van der Waals surface area contributed by atoms with Crippen molar-refractivity contribution < 1.29 is 0 Å². The van der Waals surface area contributed by atoms with Crippen molar-refractivity contribution in [3.8, 4) is 16.9 Å². The van der Waals surface area contributed by atoms with E-state index in [9.17, 15) is 4.79 Å². The van der Waals surface area contributed by atoms with Gasteiger partial charge in [-0.3, -0.25) is 4.40 Å². The summed E-state index contributed by atoms with van der Waals surface area (Å²) in [6.45, 7) is 7.49. The molecule has 6 heteroatoms. The molecule has 0 unspecified atom stereocenters. The van der Waals surface area contributed by atoms with Crippen LogP contribution in [0.25, 0.3) is 22.5 Å². The van der Waals surface area contributed by atoms with E-state index in [0.717, 1.165) is 29.7 Å². The molecule has 0 spiro atoms. The molecule has 4 aromatic rings. The molecule has 0 saturated carbocycles. The third-order valence-electron chi connectivity index (χ3n) is 5.80. The van der Waals surface area contributed by atoms with Gasteiger partial charge in [0.15, 0.2) is 5.82 Å². The summed E-state index contributed by atoms with van der Waals surface area (Å²) in [6.07, 6.45) is 4.41. The number of aromatic nitrogens is 4. The minimum atomic E-state index is -0.207. The molecule has 29 heavy (non-hydrogen) atoms. The fraction of sp³-hybridized carbons (Fsp3) is 0.261. The second-order valence-corrected chi connectivity index (χ2v) is 7.77. The molecule has 0 bridgehead atoms. The van der Waals surface area contributed by atoms with Crippen LogP contribution in [0.15, 0.2) is 59.7 Å². The number of rotatable bonds is 3. The number of benzene rings is 1.